The van der Waals surface area contributed by atoms with Gasteiger partial charge in [0.2, 0.25) is 0 Å². The van der Waals surface area contributed by atoms with Gasteiger partial charge in [-0.05, 0) is 48.5 Å². The van der Waals surface area contributed by atoms with Gasteiger partial charge >= 0.3 is 0 Å². The number of nitrogens with zero attached hydrogens (tertiary/aromatic N) is 2. The molecule has 0 aliphatic carbocycles. The highest BCUT2D eigenvalue weighted by molar-refractivity contribution is 5.62. The first-order chi connectivity index (χ1) is 11.9. The molecule has 0 fully saturated rings. The van der Waals surface area contributed by atoms with Gasteiger partial charge in [-0.3, -0.25) is 0 Å². The Morgan fingerprint density at radius 3 is 1.25 bits per heavy atom. The zero-order valence-electron chi connectivity index (χ0n) is 12.9. The molecule has 0 unspecified atom stereocenters. The molecule has 0 spiro atoms. The second-order valence-electron chi connectivity index (χ2n) is 4.85. The lowest BCUT2D eigenvalue weighted by Gasteiger charge is -1.99. The normalized spacial score (nSPS) is 11.0. The topological polar surface area (TPSA) is 43.2 Å². The number of ether oxygens (including phenoxy) is 2. The number of hydrogen-bond acceptors (Lipinski definition) is 4. The lowest BCUT2D eigenvalue weighted by atomic mass is 10.3. The molecule has 3 rings (SSSR count). The van der Waals surface area contributed by atoms with Gasteiger partial charge in [-0.15, -0.1) is 0 Å². The van der Waals surface area contributed by atoms with Crippen molar-refractivity contribution < 1.29 is 9.47 Å². The number of rotatable bonds is 6. The van der Waals surface area contributed by atoms with Crippen LogP contribution < -0.4 is 9.47 Å². The minimum Gasteiger partial charge on any atom is -0.446 e. The Kier molecular flexibility index (Phi) is 5.35. The van der Waals surface area contributed by atoms with Crippen molar-refractivity contribution in [2.45, 2.75) is 0 Å². The van der Waals surface area contributed by atoms with Crippen molar-refractivity contribution in [2.24, 2.45) is 9.98 Å². The highest BCUT2D eigenvalue weighted by Crippen LogP contribution is 2.18. The van der Waals surface area contributed by atoms with Gasteiger partial charge in [0.1, 0.15) is 11.5 Å². The van der Waals surface area contributed by atoms with E-state index in [1.165, 1.54) is 12.8 Å². The van der Waals surface area contributed by atoms with Crippen LogP contribution in [0.2, 0.25) is 0 Å². The van der Waals surface area contributed by atoms with E-state index in [0.717, 1.165) is 22.9 Å². The zero-order valence-corrected chi connectivity index (χ0v) is 12.9. The van der Waals surface area contributed by atoms with E-state index < -0.39 is 0 Å². The van der Waals surface area contributed by atoms with Gasteiger partial charge in [0, 0.05) is 0 Å². The average molecular weight is 316 g/mol. The highest BCUT2D eigenvalue weighted by atomic mass is 16.5. The molecule has 0 amide bonds. The summed E-state index contributed by atoms with van der Waals surface area (Å²) in [6.07, 6.45) is 2.85. The summed E-state index contributed by atoms with van der Waals surface area (Å²) < 4.78 is 10.8. The van der Waals surface area contributed by atoms with Crippen LogP contribution in [0.4, 0.5) is 11.4 Å². The fourth-order valence-electron chi connectivity index (χ4n) is 1.92. The van der Waals surface area contributed by atoms with E-state index >= 15 is 0 Å². The monoisotopic (exact) mass is 316 g/mol. The minimum atomic E-state index is 0.750. The summed E-state index contributed by atoms with van der Waals surface area (Å²) in [7, 11) is 0. The smallest absolute Gasteiger partial charge is 0.181 e. The molecule has 0 atom stereocenters. The summed E-state index contributed by atoms with van der Waals surface area (Å²) in [5, 5.41) is 0. The Morgan fingerprint density at radius 1 is 0.500 bits per heavy atom. The van der Waals surface area contributed by atoms with Crippen molar-refractivity contribution in [3.05, 3.63) is 84.9 Å². The van der Waals surface area contributed by atoms with Crippen LogP contribution in [0.5, 0.6) is 11.5 Å². The summed E-state index contributed by atoms with van der Waals surface area (Å²) in [6.45, 7) is 0. The Bertz CT molecular complexity index is 728. The van der Waals surface area contributed by atoms with Crippen molar-refractivity contribution in [1.82, 2.24) is 0 Å². The van der Waals surface area contributed by atoms with Crippen LogP contribution in [0.15, 0.2) is 94.9 Å². The number of para-hydroxylation sites is 2. The maximum absolute atomic E-state index is 5.41. The fraction of sp³-hybridized carbons (Fsp3) is 0. The summed E-state index contributed by atoms with van der Waals surface area (Å²) in [5.74, 6) is 1.50. The molecule has 0 bridgehead atoms. The lowest BCUT2D eigenvalue weighted by Crippen LogP contribution is -1.88. The molecule has 3 aromatic carbocycles. The molecule has 24 heavy (non-hydrogen) atoms. The van der Waals surface area contributed by atoms with E-state index in [1.807, 2.05) is 84.9 Å². The van der Waals surface area contributed by atoms with E-state index in [0.29, 0.717) is 0 Å². The molecule has 0 saturated heterocycles. The second kappa shape index (κ2) is 8.29. The maximum atomic E-state index is 5.41. The molecule has 4 heteroatoms. The predicted molar refractivity (Wildman–Crippen MR) is 96.9 cm³/mol. The first-order valence-electron chi connectivity index (χ1n) is 7.49. The Balaban J connectivity index is 1.53. The Morgan fingerprint density at radius 2 is 0.875 bits per heavy atom. The van der Waals surface area contributed by atoms with Crippen LogP contribution in [0.3, 0.4) is 0 Å². The van der Waals surface area contributed by atoms with Gasteiger partial charge in [-0.2, -0.15) is 0 Å². The Labute approximate surface area is 140 Å². The predicted octanol–water partition coefficient (Wildman–Crippen LogP) is 5.16. The van der Waals surface area contributed by atoms with Crippen LogP contribution in [0.25, 0.3) is 0 Å². The van der Waals surface area contributed by atoms with E-state index in [4.69, 9.17) is 9.47 Å². The van der Waals surface area contributed by atoms with Crippen molar-refractivity contribution in [1.29, 1.82) is 0 Å². The molecule has 0 aliphatic heterocycles. The largest absolute Gasteiger partial charge is 0.446 e. The van der Waals surface area contributed by atoms with Crippen molar-refractivity contribution in [2.75, 3.05) is 0 Å². The van der Waals surface area contributed by atoms with Crippen molar-refractivity contribution >= 4 is 24.2 Å². The standard InChI is InChI=1S/C20H16N2O2/c1-3-7-19(8-4-1)23-15-21-17-11-13-18(14-12-17)22-16-24-20-9-5-2-6-10-20/h1-16H. The van der Waals surface area contributed by atoms with Crippen molar-refractivity contribution in [3.8, 4) is 11.5 Å². The minimum absolute atomic E-state index is 0.750. The van der Waals surface area contributed by atoms with E-state index in [9.17, 15) is 0 Å². The molecule has 118 valence electrons. The van der Waals surface area contributed by atoms with Crippen LogP contribution >= 0.6 is 0 Å². The summed E-state index contributed by atoms with van der Waals surface area (Å²) >= 11 is 0. The maximum Gasteiger partial charge on any atom is 0.181 e. The summed E-state index contributed by atoms with van der Waals surface area (Å²) in [5.41, 5.74) is 1.57. The lowest BCUT2D eigenvalue weighted by molar-refractivity contribution is 0.574. The molecule has 0 heterocycles. The van der Waals surface area contributed by atoms with Gasteiger partial charge in [-0.1, -0.05) is 36.4 Å². The molecule has 0 N–H and O–H groups in total. The van der Waals surface area contributed by atoms with E-state index in [-0.39, 0.29) is 0 Å². The quantitative estimate of drug-likeness (QED) is 0.465. The first-order valence-corrected chi connectivity index (χ1v) is 7.49. The van der Waals surface area contributed by atoms with Gasteiger partial charge < -0.3 is 9.47 Å². The van der Waals surface area contributed by atoms with Gasteiger partial charge in [0.05, 0.1) is 11.4 Å². The molecular weight excluding hydrogens is 300 g/mol. The molecular formula is C20H16N2O2. The molecule has 0 saturated carbocycles. The highest BCUT2D eigenvalue weighted by Gasteiger charge is 1.92. The van der Waals surface area contributed by atoms with Gasteiger partial charge in [0.15, 0.2) is 12.8 Å². The SMILES string of the molecule is C(=Nc1ccc(N=COc2ccccc2)cc1)Oc1ccccc1. The summed E-state index contributed by atoms with van der Waals surface area (Å²) in [6, 6.07) is 26.4. The van der Waals surface area contributed by atoms with Gasteiger partial charge in [0.25, 0.3) is 0 Å². The average Bonchev–Trinajstić information content (AvgIpc) is 2.65. The van der Waals surface area contributed by atoms with Crippen LogP contribution in [0.1, 0.15) is 0 Å². The zero-order chi connectivity index (χ0) is 16.5. The summed E-state index contributed by atoms with van der Waals surface area (Å²) in [4.78, 5) is 8.48. The Hall–Kier alpha value is -3.40. The third kappa shape index (κ3) is 4.81. The van der Waals surface area contributed by atoms with Crippen LogP contribution in [-0.4, -0.2) is 12.8 Å². The van der Waals surface area contributed by atoms with Crippen LogP contribution in [-0.2, 0) is 0 Å². The van der Waals surface area contributed by atoms with E-state index in [2.05, 4.69) is 9.98 Å². The number of hydrogen-bond donors (Lipinski definition) is 0. The molecule has 0 radical (unpaired) electrons. The molecule has 0 aliphatic rings. The third-order valence-corrected chi connectivity index (χ3v) is 3.12. The van der Waals surface area contributed by atoms with E-state index in [1.54, 1.807) is 0 Å². The number of benzene rings is 3. The molecule has 0 aromatic heterocycles. The van der Waals surface area contributed by atoms with Crippen molar-refractivity contribution in [3.63, 3.8) is 0 Å². The third-order valence-electron chi connectivity index (χ3n) is 3.12. The second-order valence-corrected chi connectivity index (χ2v) is 4.85. The van der Waals surface area contributed by atoms with Crippen LogP contribution in [0, 0.1) is 0 Å². The molecule has 4 nitrogen and oxygen atoms in total. The first kappa shape index (κ1) is 15.5. The molecule has 3 aromatic rings. The fourth-order valence-corrected chi connectivity index (χ4v) is 1.92. The van der Waals surface area contributed by atoms with Gasteiger partial charge in [-0.25, -0.2) is 9.98 Å². The number of aliphatic imine (C=N–C) groups is 2.